The maximum absolute atomic E-state index is 13.4. The molecule has 2 amide bonds. The van der Waals surface area contributed by atoms with Gasteiger partial charge in [0.2, 0.25) is 11.8 Å². The smallest absolute Gasteiger partial charge is 0.233 e. The van der Waals surface area contributed by atoms with Gasteiger partial charge in [0.05, 0.1) is 12.2 Å². The number of amides is 2. The van der Waals surface area contributed by atoms with E-state index in [1.54, 1.807) is 0 Å². The average molecular weight is 484 g/mol. The van der Waals surface area contributed by atoms with E-state index in [1.165, 1.54) is 50.3 Å². The van der Waals surface area contributed by atoms with Crippen molar-refractivity contribution in [3.63, 3.8) is 0 Å². The predicted octanol–water partition coefficient (Wildman–Crippen LogP) is 4.89. The lowest BCUT2D eigenvalue weighted by molar-refractivity contribution is -0.135. The zero-order chi connectivity index (χ0) is 23.9. The average Bonchev–Trinajstić information content (AvgIpc) is 3.19. The van der Waals surface area contributed by atoms with Gasteiger partial charge in [-0.05, 0) is 44.7 Å². The first-order valence-corrected chi connectivity index (χ1v) is 13.7. The summed E-state index contributed by atoms with van der Waals surface area (Å²) in [6.07, 6.45) is 12.2. The summed E-state index contributed by atoms with van der Waals surface area (Å²) in [5, 5.41) is 12.1. The zero-order valence-electron chi connectivity index (χ0n) is 20.5. The van der Waals surface area contributed by atoms with Crippen molar-refractivity contribution >= 4 is 29.3 Å². The van der Waals surface area contributed by atoms with E-state index in [2.05, 4.69) is 20.4 Å². The summed E-state index contributed by atoms with van der Waals surface area (Å²) in [7, 11) is 1.86. The first-order valence-electron chi connectivity index (χ1n) is 12.7. The van der Waals surface area contributed by atoms with E-state index in [9.17, 15) is 9.59 Å². The van der Waals surface area contributed by atoms with Gasteiger partial charge in [0, 0.05) is 24.8 Å². The summed E-state index contributed by atoms with van der Waals surface area (Å²) in [5.74, 6) is 1.06. The predicted molar refractivity (Wildman–Crippen MR) is 136 cm³/mol. The molecular formula is C26H37N5O2S. The molecule has 1 heterocycles. The number of carbonyl (C=O) groups excluding carboxylic acids is 2. The Balaban J connectivity index is 1.35. The molecule has 0 spiro atoms. The molecule has 7 nitrogen and oxygen atoms in total. The summed E-state index contributed by atoms with van der Waals surface area (Å²) >= 11 is 1.43. The lowest BCUT2D eigenvalue weighted by Crippen LogP contribution is -2.49. The van der Waals surface area contributed by atoms with Crippen molar-refractivity contribution in [3.05, 3.63) is 35.7 Å². The van der Waals surface area contributed by atoms with Crippen molar-refractivity contribution in [2.45, 2.75) is 94.8 Å². The van der Waals surface area contributed by atoms with Gasteiger partial charge in [-0.15, -0.1) is 10.2 Å². The van der Waals surface area contributed by atoms with Crippen LogP contribution in [0.25, 0.3) is 0 Å². The molecule has 0 saturated heterocycles. The molecule has 2 saturated carbocycles. The maximum atomic E-state index is 13.4. The summed E-state index contributed by atoms with van der Waals surface area (Å²) in [6.45, 7) is 2.01. The lowest BCUT2D eigenvalue weighted by Gasteiger charge is -2.41. The van der Waals surface area contributed by atoms with Gasteiger partial charge in [-0.3, -0.25) is 9.59 Å². The van der Waals surface area contributed by atoms with Gasteiger partial charge in [0.25, 0.3) is 0 Å². The summed E-state index contributed by atoms with van der Waals surface area (Å²) in [5.41, 5.74) is 1.91. The third-order valence-electron chi connectivity index (χ3n) is 7.13. The van der Waals surface area contributed by atoms with Gasteiger partial charge in [-0.2, -0.15) is 0 Å². The van der Waals surface area contributed by atoms with E-state index in [4.69, 9.17) is 0 Å². The summed E-state index contributed by atoms with van der Waals surface area (Å²) in [6, 6.07) is 8.50. The van der Waals surface area contributed by atoms with Crippen LogP contribution in [0.2, 0.25) is 0 Å². The van der Waals surface area contributed by atoms with Crippen molar-refractivity contribution in [2.24, 2.45) is 7.05 Å². The molecule has 0 aliphatic heterocycles. The second-order valence-electron chi connectivity index (χ2n) is 9.72. The zero-order valence-corrected chi connectivity index (χ0v) is 21.3. The van der Waals surface area contributed by atoms with Gasteiger partial charge in [0.1, 0.15) is 5.82 Å². The van der Waals surface area contributed by atoms with E-state index < -0.39 is 0 Å². The molecule has 0 radical (unpaired) electrons. The first kappa shape index (κ1) is 24.8. The molecule has 2 aromatic rings. The highest BCUT2D eigenvalue weighted by Gasteiger charge is 2.32. The number of hydrogen-bond acceptors (Lipinski definition) is 5. The Kier molecular flexibility index (Phi) is 8.64. The van der Waals surface area contributed by atoms with Crippen LogP contribution in [0.1, 0.15) is 75.6 Å². The molecule has 1 aromatic heterocycles. The molecule has 34 heavy (non-hydrogen) atoms. The number of aryl methyl sites for hydroxylation is 1. The molecule has 0 atom stereocenters. The molecule has 2 aliphatic carbocycles. The van der Waals surface area contributed by atoms with Crippen molar-refractivity contribution in [2.75, 3.05) is 11.1 Å². The van der Waals surface area contributed by atoms with Crippen molar-refractivity contribution in [1.29, 1.82) is 0 Å². The van der Waals surface area contributed by atoms with E-state index in [0.29, 0.717) is 28.8 Å². The normalized spacial score (nSPS) is 17.5. The SMILES string of the molecule is Cc1ccc(NC(=O)Cc2nnc(SCC(=O)N(C3CCCCC3)C3CCCCC3)n2C)cc1. The number of anilines is 1. The van der Waals surface area contributed by atoms with E-state index in [1.807, 2.05) is 42.8 Å². The maximum Gasteiger partial charge on any atom is 0.233 e. The van der Waals surface area contributed by atoms with Crippen LogP contribution in [0.3, 0.4) is 0 Å². The second kappa shape index (κ2) is 11.9. The van der Waals surface area contributed by atoms with Crippen LogP contribution in [0.5, 0.6) is 0 Å². The fraction of sp³-hybridized carbons (Fsp3) is 0.615. The van der Waals surface area contributed by atoms with Crippen LogP contribution in [0.4, 0.5) is 5.69 Å². The molecule has 4 rings (SSSR count). The Morgan fingerprint density at radius 3 is 2.15 bits per heavy atom. The van der Waals surface area contributed by atoms with Gasteiger partial charge in [0.15, 0.2) is 5.16 Å². The number of rotatable bonds is 8. The van der Waals surface area contributed by atoms with Gasteiger partial charge >= 0.3 is 0 Å². The van der Waals surface area contributed by atoms with E-state index >= 15 is 0 Å². The Labute approximate surface area is 207 Å². The summed E-state index contributed by atoms with van der Waals surface area (Å²) < 4.78 is 1.83. The van der Waals surface area contributed by atoms with Crippen molar-refractivity contribution in [3.8, 4) is 0 Å². The third-order valence-corrected chi connectivity index (χ3v) is 8.13. The van der Waals surface area contributed by atoms with Crippen LogP contribution in [-0.2, 0) is 23.1 Å². The fourth-order valence-corrected chi connectivity index (χ4v) is 6.03. The number of hydrogen-bond donors (Lipinski definition) is 1. The molecule has 2 aliphatic rings. The molecule has 8 heteroatoms. The minimum absolute atomic E-state index is 0.132. The summed E-state index contributed by atoms with van der Waals surface area (Å²) in [4.78, 5) is 28.1. The largest absolute Gasteiger partial charge is 0.336 e. The quantitative estimate of drug-likeness (QED) is 0.541. The highest BCUT2D eigenvalue weighted by molar-refractivity contribution is 7.99. The standard InChI is InChI=1S/C26H37N5O2S/c1-19-13-15-20(16-14-19)27-24(32)17-23-28-29-26(30(23)2)34-18-25(33)31(21-9-5-3-6-10-21)22-11-7-4-8-12-22/h13-16,21-22H,3-12,17-18H2,1-2H3,(H,27,32). The Bertz CT molecular complexity index is 944. The van der Waals surface area contributed by atoms with E-state index in [0.717, 1.165) is 36.9 Å². The monoisotopic (exact) mass is 483 g/mol. The minimum atomic E-state index is -0.132. The molecule has 2 fully saturated rings. The molecule has 184 valence electrons. The fourth-order valence-electron chi connectivity index (χ4n) is 5.24. The van der Waals surface area contributed by atoms with Crippen molar-refractivity contribution < 1.29 is 9.59 Å². The number of aromatic nitrogens is 3. The van der Waals surface area contributed by atoms with Crippen LogP contribution >= 0.6 is 11.8 Å². The number of benzene rings is 1. The highest BCUT2D eigenvalue weighted by atomic mass is 32.2. The number of nitrogens with one attached hydrogen (secondary N) is 1. The second-order valence-corrected chi connectivity index (χ2v) is 10.7. The highest BCUT2D eigenvalue weighted by Crippen LogP contribution is 2.31. The molecular weight excluding hydrogens is 446 g/mol. The van der Waals surface area contributed by atoms with Gasteiger partial charge in [-0.25, -0.2) is 0 Å². The topological polar surface area (TPSA) is 80.1 Å². The van der Waals surface area contributed by atoms with E-state index in [-0.39, 0.29) is 18.2 Å². The molecule has 0 bridgehead atoms. The Morgan fingerprint density at radius 1 is 0.971 bits per heavy atom. The van der Waals surface area contributed by atoms with Gasteiger partial charge < -0.3 is 14.8 Å². The van der Waals surface area contributed by atoms with Crippen LogP contribution in [0, 0.1) is 6.92 Å². The Morgan fingerprint density at radius 2 is 1.56 bits per heavy atom. The minimum Gasteiger partial charge on any atom is -0.336 e. The number of thioether (sulfide) groups is 1. The van der Waals surface area contributed by atoms with Crippen LogP contribution in [-0.4, -0.2) is 49.3 Å². The van der Waals surface area contributed by atoms with Gasteiger partial charge in [-0.1, -0.05) is 68.0 Å². The lowest BCUT2D eigenvalue weighted by atomic mass is 9.88. The molecule has 1 aromatic carbocycles. The Hall–Kier alpha value is -2.35. The first-order chi connectivity index (χ1) is 16.5. The van der Waals surface area contributed by atoms with Crippen molar-refractivity contribution in [1.82, 2.24) is 19.7 Å². The molecule has 1 N–H and O–H groups in total. The van der Waals surface area contributed by atoms with Crippen LogP contribution < -0.4 is 5.32 Å². The number of carbonyl (C=O) groups is 2. The third kappa shape index (κ3) is 6.40. The number of nitrogens with zero attached hydrogens (tertiary/aromatic N) is 4. The molecule has 0 unspecified atom stereocenters. The van der Waals surface area contributed by atoms with Crippen LogP contribution in [0.15, 0.2) is 29.4 Å².